The largest absolute Gasteiger partial charge is 0.513 e. The Morgan fingerprint density at radius 1 is 1.41 bits per heavy atom. The van der Waals surface area contributed by atoms with Gasteiger partial charge in [0.1, 0.15) is 5.75 Å². The van der Waals surface area contributed by atoms with Crippen LogP contribution >= 0.6 is 23.4 Å². The van der Waals surface area contributed by atoms with E-state index in [1.165, 1.54) is 0 Å². The van der Waals surface area contributed by atoms with Gasteiger partial charge < -0.3 is 9.47 Å². The Balaban J connectivity index is 2.39. The molecule has 0 aromatic heterocycles. The van der Waals surface area contributed by atoms with Crippen molar-refractivity contribution in [1.29, 1.82) is 0 Å². The number of ether oxygens (including phenoxy) is 2. The molecule has 0 fully saturated rings. The van der Waals surface area contributed by atoms with Gasteiger partial charge in [0.05, 0.1) is 6.61 Å². The van der Waals surface area contributed by atoms with E-state index < -0.39 is 6.16 Å². The third-order valence-corrected chi connectivity index (χ3v) is 3.28. The third-order valence-electron chi connectivity index (χ3n) is 2.01. The van der Waals surface area contributed by atoms with Gasteiger partial charge in [-0.25, -0.2) is 4.79 Å². The van der Waals surface area contributed by atoms with Gasteiger partial charge in [0.25, 0.3) is 0 Å². The van der Waals surface area contributed by atoms with E-state index in [9.17, 15) is 4.79 Å². The first-order valence-electron chi connectivity index (χ1n) is 5.20. The Bertz CT molecular complexity index is 353. The summed E-state index contributed by atoms with van der Waals surface area (Å²) < 4.78 is 9.90. The van der Waals surface area contributed by atoms with Gasteiger partial charge in [0.2, 0.25) is 0 Å². The topological polar surface area (TPSA) is 35.5 Å². The number of rotatable bonds is 5. The maximum Gasteiger partial charge on any atom is 0.513 e. The van der Waals surface area contributed by atoms with Gasteiger partial charge in [-0.05, 0) is 30.5 Å². The number of alkyl halides is 1. The number of thioether (sulfide) groups is 1. The van der Waals surface area contributed by atoms with Crippen molar-refractivity contribution in [2.75, 3.05) is 18.7 Å². The molecule has 0 radical (unpaired) electrons. The fourth-order valence-corrected chi connectivity index (χ4v) is 1.52. The van der Waals surface area contributed by atoms with E-state index in [0.717, 1.165) is 4.90 Å². The molecule has 1 aromatic carbocycles. The third kappa shape index (κ3) is 5.33. The maximum absolute atomic E-state index is 11.3. The standard InChI is InChI=1S/C12H15ClO3S/c1-9(7-13)8-15-12(14)16-10-3-5-11(17-2)6-4-10/h3-6,9H,7-8H2,1-2H3. The molecule has 1 unspecified atom stereocenters. The Morgan fingerprint density at radius 3 is 2.59 bits per heavy atom. The molecule has 0 bridgehead atoms. The van der Waals surface area contributed by atoms with Crippen LogP contribution < -0.4 is 4.74 Å². The monoisotopic (exact) mass is 274 g/mol. The minimum Gasteiger partial charge on any atom is -0.434 e. The van der Waals surface area contributed by atoms with Crippen molar-refractivity contribution in [2.24, 2.45) is 5.92 Å². The predicted octanol–water partition coefficient (Wildman–Crippen LogP) is 3.80. The molecule has 0 heterocycles. The van der Waals surface area contributed by atoms with E-state index in [4.69, 9.17) is 21.1 Å². The predicted molar refractivity (Wildman–Crippen MR) is 70.1 cm³/mol. The van der Waals surface area contributed by atoms with Crippen molar-refractivity contribution < 1.29 is 14.3 Å². The van der Waals surface area contributed by atoms with E-state index in [2.05, 4.69) is 0 Å². The van der Waals surface area contributed by atoms with Crippen LogP contribution in [0.2, 0.25) is 0 Å². The van der Waals surface area contributed by atoms with Gasteiger partial charge >= 0.3 is 6.16 Å². The molecule has 0 N–H and O–H groups in total. The highest BCUT2D eigenvalue weighted by molar-refractivity contribution is 7.98. The van der Waals surface area contributed by atoms with Crippen molar-refractivity contribution in [3.05, 3.63) is 24.3 Å². The number of hydrogen-bond acceptors (Lipinski definition) is 4. The van der Waals surface area contributed by atoms with Crippen LogP contribution in [-0.4, -0.2) is 24.9 Å². The number of halogens is 1. The van der Waals surface area contributed by atoms with Crippen LogP contribution in [0.1, 0.15) is 6.92 Å². The van der Waals surface area contributed by atoms with Crippen molar-refractivity contribution in [3.8, 4) is 5.75 Å². The van der Waals surface area contributed by atoms with Gasteiger partial charge in [0, 0.05) is 16.7 Å². The van der Waals surface area contributed by atoms with Crippen LogP contribution in [-0.2, 0) is 4.74 Å². The van der Waals surface area contributed by atoms with Crippen LogP contribution in [0, 0.1) is 5.92 Å². The zero-order chi connectivity index (χ0) is 12.7. The summed E-state index contributed by atoms with van der Waals surface area (Å²) in [5, 5.41) is 0. The lowest BCUT2D eigenvalue weighted by molar-refractivity contribution is 0.0890. The molecular formula is C12H15ClO3S. The number of carbonyl (C=O) groups excluding carboxylic acids is 1. The molecule has 0 spiro atoms. The first-order chi connectivity index (χ1) is 8.15. The Morgan fingerprint density at radius 2 is 2.06 bits per heavy atom. The summed E-state index contributed by atoms with van der Waals surface area (Å²) in [6.07, 6.45) is 1.29. The Hall–Kier alpha value is -0.870. The average molecular weight is 275 g/mol. The molecule has 94 valence electrons. The normalized spacial score (nSPS) is 11.9. The molecule has 17 heavy (non-hydrogen) atoms. The van der Waals surface area contributed by atoms with Gasteiger partial charge in [-0.15, -0.1) is 23.4 Å². The van der Waals surface area contributed by atoms with Crippen molar-refractivity contribution >= 4 is 29.5 Å². The van der Waals surface area contributed by atoms with E-state index in [1.54, 1.807) is 23.9 Å². The second-order valence-corrected chi connectivity index (χ2v) is 4.79. The molecule has 0 aliphatic rings. The minimum atomic E-state index is -0.695. The Kier molecular flexibility index (Phi) is 6.22. The summed E-state index contributed by atoms with van der Waals surface area (Å²) in [7, 11) is 0. The fourth-order valence-electron chi connectivity index (χ4n) is 1.02. The Labute approximate surface area is 110 Å². The molecule has 0 saturated heterocycles. The van der Waals surface area contributed by atoms with Crippen LogP contribution in [0.15, 0.2) is 29.2 Å². The smallest absolute Gasteiger partial charge is 0.434 e. The lowest BCUT2D eigenvalue weighted by Gasteiger charge is -2.09. The van der Waals surface area contributed by atoms with Crippen molar-refractivity contribution in [1.82, 2.24) is 0 Å². The molecule has 0 saturated carbocycles. The fraction of sp³-hybridized carbons (Fsp3) is 0.417. The molecule has 0 amide bonds. The van der Waals surface area contributed by atoms with E-state index in [1.807, 2.05) is 25.3 Å². The summed E-state index contributed by atoms with van der Waals surface area (Å²) in [5.41, 5.74) is 0. The molecule has 5 heteroatoms. The highest BCUT2D eigenvalue weighted by Gasteiger charge is 2.08. The van der Waals surface area contributed by atoms with Crippen molar-refractivity contribution in [2.45, 2.75) is 11.8 Å². The van der Waals surface area contributed by atoms with Gasteiger partial charge in [-0.3, -0.25) is 0 Å². The quantitative estimate of drug-likeness (QED) is 0.354. The zero-order valence-electron chi connectivity index (χ0n) is 9.81. The SMILES string of the molecule is CSc1ccc(OC(=O)OCC(C)CCl)cc1. The second kappa shape index (κ2) is 7.45. The lowest BCUT2D eigenvalue weighted by atomic mass is 10.2. The number of benzene rings is 1. The molecule has 0 aliphatic heterocycles. The lowest BCUT2D eigenvalue weighted by Crippen LogP contribution is -2.16. The molecular weight excluding hydrogens is 260 g/mol. The molecule has 1 atom stereocenters. The highest BCUT2D eigenvalue weighted by atomic mass is 35.5. The van der Waals surface area contributed by atoms with Gasteiger partial charge in [-0.1, -0.05) is 6.92 Å². The van der Waals surface area contributed by atoms with Crippen LogP contribution in [0.3, 0.4) is 0 Å². The van der Waals surface area contributed by atoms with Crippen LogP contribution in [0.25, 0.3) is 0 Å². The molecule has 3 nitrogen and oxygen atoms in total. The van der Waals surface area contributed by atoms with Crippen LogP contribution in [0.4, 0.5) is 4.79 Å². The van der Waals surface area contributed by atoms with E-state index in [0.29, 0.717) is 11.6 Å². The molecule has 1 aromatic rings. The average Bonchev–Trinajstić information content (AvgIpc) is 2.36. The number of hydrogen-bond donors (Lipinski definition) is 0. The van der Waals surface area contributed by atoms with Gasteiger partial charge in [-0.2, -0.15) is 0 Å². The summed E-state index contributed by atoms with van der Waals surface area (Å²) in [4.78, 5) is 12.4. The van der Waals surface area contributed by atoms with E-state index in [-0.39, 0.29) is 12.5 Å². The first-order valence-corrected chi connectivity index (χ1v) is 6.96. The zero-order valence-corrected chi connectivity index (χ0v) is 11.4. The van der Waals surface area contributed by atoms with Gasteiger partial charge in [0.15, 0.2) is 0 Å². The maximum atomic E-state index is 11.3. The summed E-state index contributed by atoms with van der Waals surface area (Å²) in [6.45, 7) is 2.17. The van der Waals surface area contributed by atoms with Crippen LogP contribution in [0.5, 0.6) is 5.75 Å². The highest BCUT2D eigenvalue weighted by Crippen LogP contribution is 2.19. The van der Waals surface area contributed by atoms with E-state index >= 15 is 0 Å². The summed E-state index contributed by atoms with van der Waals surface area (Å²) in [5.74, 6) is 1.06. The summed E-state index contributed by atoms with van der Waals surface area (Å²) in [6, 6.07) is 7.24. The second-order valence-electron chi connectivity index (χ2n) is 3.60. The summed E-state index contributed by atoms with van der Waals surface area (Å²) >= 11 is 7.22. The number of carbonyl (C=O) groups is 1. The molecule has 0 aliphatic carbocycles. The first kappa shape index (κ1) is 14.2. The van der Waals surface area contributed by atoms with Crippen molar-refractivity contribution in [3.63, 3.8) is 0 Å². The molecule has 1 rings (SSSR count). The minimum absolute atomic E-state index is 0.128.